The molecule has 0 radical (unpaired) electrons. The van der Waals surface area contributed by atoms with Gasteiger partial charge in [0, 0.05) is 43.2 Å². The second-order valence-electron chi connectivity index (χ2n) is 9.15. The molecule has 1 aromatic heterocycles. The first-order chi connectivity index (χ1) is 17.6. The van der Waals surface area contributed by atoms with Crippen molar-refractivity contribution in [1.29, 1.82) is 0 Å². The number of hydrogen-bond acceptors (Lipinski definition) is 6. The highest BCUT2D eigenvalue weighted by atomic mass is 16.5. The van der Waals surface area contributed by atoms with E-state index in [4.69, 9.17) is 9.47 Å². The van der Waals surface area contributed by atoms with E-state index in [2.05, 4.69) is 17.1 Å². The van der Waals surface area contributed by atoms with Crippen molar-refractivity contribution in [2.75, 3.05) is 26.3 Å². The van der Waals surface area contributed by atoms with Crippen LogP contribution in [-0.4, -0.2) is 57.7 Å². The summed E-state index contributed by atoms with van der Waals surface area (Å²) in [5.74, 6) is 0.925. The van der Waals surface area contributed by atoms with E-state index in [-0.39, 0.29) is 25.0 Å². The minimum atomic E-state index is -0.977. The number of rotatable bonds is 11. The number of unbranched alkanes of at least 4 members (excludes halogenated alkanes) is 1. The number of aromatic nitrogens is 2. The largest absolute Gasteiger partial charge is 0.489 e. The van der Waals surface area contributed by atoms with Crippen LogP contribution in [0.1, 0.15) is 31.0 Å². The SMILES string of the molecule is CCCCc1nnc(OC[C@@H]2CN(C(=O)O)C[C@H]2CO)cc1-c1ccc(OCc2ccccc2)cc1. The minimum Gasteiger partial charge on any atom is -0.489 e. The first kappa shape index (κ1) is 25.4. The molecule has 0 aliphatic carbocycles. The van der Waals surface area contributed by atoms with Gasteiger partial charge in [0.25, 0.3) is 0 Å². The Morgan fingerprint density at radius 2 is 1.78 bits per heavy atom. The first-order valence-electron chi connectivity index (χ1n) is 12.4. The summed E-state index contributed by atoms with van der Waals surface area (Å²) in [6, 6.07) is 19.9. The van der Waals surface area contributed by atoms with Gasteiger partial charge >= 0.3 is 6.09 Å². The van der Waals surface area contributed by atoms with E-state index in [0.717, 1.165) is 47.4 Å². The van der Waals surface area contributed by atoms with E-state index in [1.165, 1.54) is 4.90 Å². The van der Waals surface area contributed by atoms with E-state index >= 15 is 0 Å². The maximum absolute atomic E-state index is 11.3. The lowest BCUT2D eigenvalue weighted by molar-refractivity contribution is 0.150. The topological polar surface area (TPSA) is 105 Å². The fraction of sp³-hybridized carbons (Fsp3) is 0.393. The Morgan fingerprint density at radius 3 is 2.47 bits per heavy atom. The van der Waals surface area contributed by atoms with E-state index in [1.54, 1.807) is 0 Å². The molecular formula is C28H33N3O5. The van der Waals surface area contributed by atoms with Crippen LogP contribution in [0.15, 0.2) is 60.7 Å². The second kappa shape index (κ2) is 12.4. The molecule has 0 unspecified atom stereocenters. The van der Waals surface area contributed by atoms with Crippen LogP contribution in [0, 0.1) is 11.8 Å². The smallest absolute Gasteiger partial charge is 0.407 e. The lowest BCUT2D eigenvalue weighted by Gasteiger charge is -2.17. The van der Waals surface area contributed by atoms with Crippen molar-refractivity contribution >= 4 is 6.09 Å². The van der Waals surface area contributed by atoms with Gasteiger partial charge in [-0.3, -0.25) is 0 Å². The third-order valence-electron chi connectivity index (χ3n) is 6.56. The first-order valence-corrected chi connectivity index (χ1v) is 12.4. The number of nitrogens with zero attached hydrogens (tertiary/aromatic N) is 3. The van der Waals surface area contributed by atoms with Crippen molar-refractivity contribution < 1.29 is 24.5 Å². The molecular weight excluding hydrogens is 458 g/mol. The summed E-state index contributed by atoms with van der Waals surface area (Å²) in [6.07, 6.45) is 1.89. The zero-order valence-electron chi connectivity index (χ0n) is 20.5. The number of likely N-dealkylation sites (tertiary alicyclic amines) is 1. The third kappa shape index (κ3) is 6.51. The molecule has 1 aliphatic heterocycles. The molecule has 2 aromatic carbocycles. The van der Waals surface area contributed by atoms with E-state index in [1.807, 2.05) is 60.7 Å². The molecule has 2 heterocycles. The Morgan fingerprint density at radius 1 is 1.03 bits per heavy atom. The number of ether oxygens (including phenoxy) is 2. The summed E-state index contributed by atoms with van der Waals surface area (Å²) in [6.45, 7) is 3.48. The zero-order valence-corrected chi connectivity index (χ0v) is 20.5. The number of hydrogen-bond donors (Lipinski definition) is 2. The number of aliphatic hydroxyl groups is 1. The van der Waals surface area contributed by atoms with Gasteiger partial charge in [-0.25, -0.2) is 4.79 Å². The quantitative estimate of drug-likeness (QED) is 0.402. The normalized spacial score (nSPS) is 17.2. The Labute approximate surface area is 211 Å². The minimum absolute atomic E-state index is 0.0800. The third-order valence-corrected chi connectivity index (χ3v) is 6.56. The number of aryl methyl sites for hydroxylation is 1. The number of amides is 1. The molecule has 2 atom stereocenters. The average Bonchev–Trinajstić information content (AvgIpc) is 3.34. The lowest BCUT2D eigenvalue weighted by Crippen LogP contribution is -2.27. The molecule has 0 bridgehead atoms. The molecule has 0 spiro atoms. The summed E-state index contributed by atoms with van der Waals surface area (Å²) in [7, 11) is 0. The highest BCUT2D eigenvalue weighted by molar-refractivity contribution is 5.67. The predicted molar refractivity (Wildman–Crippen MR) is 136 cm³/mol. The summed E-state index contributed by atoms with van der Waals surface area (Å²) in [5, 5.41) is 27.7. The maximum atomic E-state index is 11.3. The van der Waals surface area contributed by atoms with Crippen molar-refractivity contribution in [3.63, 3.8) is 0 Å². The molecule has 0 saturated carbocycles. The predicted octanol–water partition coefficient (Wildman–Crippen LogP) is 4.66. The Hall–Kier alpha value is -3.65. The van der Waals surface area contributed by atoms with Crippen molar-refractivity contribution in [2.24, 2.45) is 11.8 Å². The molecule has 8 nitrogen and oxygen atoms in total. The van der Waals surface area contributed by atoms with Gasteiger partial charge in [0.15, 0.2) is 0 Å². The Kier molecular flexibility index (Phi) is 8.73. The van der Waals surface area contributed by atoms with E-state index in [0.29, 0.717) is 25.6 Å². The van der Waals surface area contributed by atoms with Crippen LogP contribution >= 0.6 is 0 Å². The summed E-state index contributed by atoms with van der Waals surface area (Å²) < 4.78 is 11.9. The number of carbonyl (C=O) groups is 1. The summed E-state index contributed by atoms with van der Waals surface area (Å²) in [4.78, 5) is 12.6. The standard InChI is InChI=1S/C28H33N3O5/c1-2-3-9-26-25(21-10-12-24(13-11-21)35-18-20-7-5-4-6-8-20)14-27(30-29-26)36-19-23-16-31(28(33)34)15-22(23)17-32/h4-8,10-14,22-23,32H,2-3,9,15-19H2,1H3,(H,33,34)/t22-,23-/m0/s1. The van der Waals surface area contributed by atoms with Crippen LogP contribution in [0.25, 0.3) is 11.1 Å². The van der Waals surface area contributed by atoms with Gasteiger partial charge in [0.1, 0.15) is 12.4 Å². The van der Waals surface area contributed by atoms with Crippen LogP contribution in [0.2, 0.25) is 0 Å². The molecule has 3 aromatic rings. The lowest BCUT2D eigenvalue weighted by atomic mass is 9.98. The van der Waals surface area contributed by atoms with Crippen LogP contribution in [0.4, 0.5) is 4.79 Å². The molecule has 36 heavy (non-hydrogen) atoms. The van der Waals surface area contributed by atoms with Crippen LogP contribution in [0.5, 0.6) is 11.6 Å². The molecule has 4 rings (SSSR count). The van der Waals surface area contributed by atoms with E-state index in [9.17, 15) is 15.0 Å². The number of aliphatic hydroxyl groups excluding tert-OH is 1. The van der Waals surface area contributed by atoms with Gasteiger partial charge in [-0.15, -0.1) is 5.10 Å². The monoisotopic (exact) mass is 491 g/mol. The van der Waals surface area contributed by atoms with Crippen molar-refractivity contribution in [3.8, 4) is 22.8 Å². The fourth-order valence-electron chi connectivity index (χ4n) is 4.40. The Balaban J connectivity index is 1.46. The average molecular weight is 492 g/mol. The molecule has 1 amide bonds. The van der Waals surface area contributed by atoms with Crippen molar-refractivity contribution in [3.05, 3.63) is 71.9 Å². The van der Waals surface area contributed by atoms with Gasteiger partial charge < -0.3 is 24.6 Å². The molecule has 2 N–H and O–H groups in total. The van der Waals surface area contributed by atoms with Crippen molar-refractivity contribution in [2.45, 2.75) is 32.8 Å². The molecule has 1 fully saturated rings. The van der Waals surface area contributed by atoms with Crippen LogP contribution in [0.3, 0.4) is 0 Å². The maximum Gasteiger partial charge on any atom is 0.407 e. The molecule has 1 aliphatic rings. The van der Waals surface area contributed by atoms with Gasteiger partial charge in [-0.2, -0.15) is 5.10 Å². The molecule has 1 saturated heterocycles. The highest BCUT2D eigenvalue weighted by Gasteiger charge is 2.35. The van der Waals surface area contributed by atoms with E-state index < -0.39 is 6.09 Å². The fourth-order valence-corrected chi connectivity index (χ4v) is 4.40. The zero-order chi connectivity index (χ0) is 25.3. The molecule has 190 valence electrons. The van der Waals surface area contributed by atoms with Crippen LogP contribution in [-0.2, 0) is 13.0 Å². The van der Waals surface area contributed by atoms with Gasteiger partial charge in [-0.05, 0) is 36.1 Å². The van der Waals surface area contributed by atoms with Crippen molar-refractivity contribution in [1.82, 2.24) is 15.1 Å². The number of benzene rings is 2. The van der Waals surface area contributed by atoms with Crippen LogP contribution < -0.4 is 9.47 Å². The Bertz CT molecular complexity index is 1120. The molecule has 8 heteroatoms. The second-order valence-corrected chi connectivity index (χ2v) is 9.15. The van der Waals surface area contributed by atoms with Gasteiger partial charge in [0.2, 0.25) is 5.88 Å². The summed E-state index contributed by atoms with van der Waals surface area (Å²) >= 11 is 0. The van der Waals surface area contributed by atoms with Gasteiger partial charge in [0.05, 0.1) is 12.3 Å². The van der Waals surface area contributed by atoms with Gasteiger partial charge in [-0.1, -0.05) is 55.8 Å². The highest BCUT2D eigenvalue weighted by Crippen LogP contribution is 2.29. The number of carboxylic acid groups (broad SMARTS) is 1. The summed E-state index contributed by atoms with van der Waals surface area (Å²) in [5.41, 5.74) is 3.98.